The Balaban J connectivity index is -0.0000000200. The van der Waals surface area contributed by atoms with Crippen molar-refractivity contribution in [2.75, 3.05) is 0 Å². The molecule has 0 aliphatic heterocycles. The standard InChI is InChI=1S/CO2.Ar.N/c2-1-3;;. The Labute approximate surface area is 59.3 Å². The molecule has 0 aromatic heterocycles. The predicted octanol–water partition coefficient (Wildman–Crippen LogP) is -1.06. The molecule has 3 radical (unpaired) electrons. The Morgan fingerprint density at radius 2 is 1.20 bits per heavy atom. The van der Waals surface area contributed by atoms with E-state index in [2.05, 4.69) is 0 Å². The third-order valence-corrected chi connectivity index (χ3v) is 0. The average molecular weight is 98.0 g/mol. The van der Waals surface area contributed by atoms with Gasteiger partial charge < -0.3 is 0 Å². The van der Waals surface area contributed by atoms with Gasteiger partial charge in [0.2, 0.25) is 0 Å². The van der Waals surface area contributed by atoms with Crippen LogP contribution in [-0.2, 0) is 9.59 Å². The van der Waals surface area contributed by atoms with Gasteiger partial charge in [-0.25, -0.2) is 0 Å². The van der Waals surface area contributed by atoms with Crippen LogP contribution in [0.1, 0.15) is 0 Å². The van der Waals surface area contributed by atoms with Crippen molar-refractivity contribution in [3.05, 3.63) is 0 Å². The molecule has 0 aliphatic carbocycles. The van der Waals surface area contributed by atoms with Crippen molar-refractivity contribution in [1.82, 2.24) is 6.15 Å². The molecule has 0 unspecified atom stereocenters. The van der Waals surface area contributed by atoms with Crippen LogP contribution in [0.4, 0.5) is 0 Å². The second-order valence-electron chi connectivity index (χ2n) is 0.0833. The summed E-state index contributed by atoms with van der Waals surface area (Å²) in [6.07, 6.45) is 0.250. The molecule has 0 aliphatic rings. The van der Waals surface area contributed by atoms with Crippen molar-refractivity contribution in [3.8, 4) is 0 Å². The van der Waals surface area contributed by atoms with E-state index in [-0.39, 0.29) is 50.0 Å². The summed E-state index contributed by atoms with van der Waals surface area (Å²) in [7, 11) is 0. The molecule has 0 spiro atoms. The first-order valence-corrected chi connectivity index (χ1v) is 0.408. The number of nitrogens with zero attached hydrogens (tertiary/aromatic N) is 1. The van der Waals surface area contributed by atoms with Gasteiger partial charge in [-0.1, -0.05) is 0 Å². The zero-order valence-electron chi connectivity index (χ0n) is 2.12. The smallest absolute Gasteiger partial charge is 0.186 e. The van der Waals surface area contributed by atoms with E-state index >= 15 is 0 Å². The van der Waals surface area contributed by atoms with E-state index in [4.69, 9.17) is 9.59 Å². The number of rotatable bonds is 0. The molecule has 3 nitrogen and oxygen atoms in total. The van der Waals surface area contributed by atoms with E-state index in [1.165, 1.54) is 0 Å². The predicted molar refractivity (Wildman–Crippen MR) is 7.14 cm³/mol. The fraction of sp³-hybridized carbons (Fsp3) is 0. The van der Waals surface area contributed by atoms with E-state index in [9.17, 15) is 0 Å². The largest absolute Gasteiger partial charge is 0.373 e. The van der Waals surface area contributed by atoms with Gasteiger partial charge in [-0.15, -0.1) is 0 Å². The van der Waals surface area contributed by atoms with Crippen molar-refractivity contribution < 1.29 is 47.3 Å². The minimum Gasteiger partial charge on any atom is -0.186 e. The summed E-state index contributed by atoms with van der Waals surface area (Å²) in [5.41, 5.74) is 0. The van der Waals surface area contributed by atoms with E-state index in [1.807, 2.05) is 0 Å². The van der Waals surface area contributed by atoms with Crippen molar-refractivity contribution in [2.24, 2.45) is 0 Å². The quantitative estimate of drug-likeness (QED) is 0.387. The van der Waals surface area contributed by atoms with Gasteiger partial charge in [0.1, 0.15) is 0 Å². The fourth-order valence-electron chi connectivity index (χ4n) is 0. The molecule has 5 heavy (non-hydrogen) atoms. The first kappa shape index (κ1) is 17.5. The molecule has 0 N–H and O–H groups in total. The molecule has 0 aromatic rings. The summed E-state index contributed by atoms with van der Waals surface area (Å²) in [5, 5.41) is 0. The molecule has 0 atom stereocenters. The number of carbonyl (C=O) groups excluding carboxylic acids is 2. The minimum absolute atomic E-state index is 0. The normalized spacial score (nSPS) is 1.60. The second-order valence-corrected chi connectivity index (χ2v) is 0.0833. The molecular formula is CArNO2. The third-order valence-electron chi connectivity index (χ3n) is 0. The van der Waals surface area contributed by atoms with E-state index in [0.29, 0.717) is 0 Å². The second kappa shape index (κ2) is 23.3. The summed E-state index contributed by atoms with van der Waals surface area (Å²) in [6.45, 7) is 0. The van der Waals surface area contributed by atoms with Gasteiger partial charge in [0, 0.05) is 43.9 Å². The molecule has 0 fully saturated rings. The van der Waals surface area contributed by atoms with Crippen LogP contribution in [0.3, 0.4) is 0 Å². The first-order chi connectivity index (χ1) is 1.41. The van der Waals surface area contributed by atoms with Gasteiger partial charge in [-0.2, -0.15) is 9.59 Å². The molecule has 29 valence electrons. The molecule has 0 heterocycles. The Kier molecular flexibility index (Phi) is 81.7. The van der Waals surface area contributed by atoms with Gasteiger partial charge >= 0.3 is 6.15 Å². The molecule has 4 heteroatoms. The first-order valence-electron chi connectivity index (χ1n) is 0.408. The Bertz CT molecular complexity index is 30.6. The Morgan fingerprint density at radius 3 is 1.20 bits per heavy atom. The Morgan fingerprint density at radius 1 is 1.20 bits per heavy atom. The van der Waals surface area contributed by atoms with Crippen LogP contribution >= 0.6 is 0 Å². The summed E-state index contributed by atoms with van der Waals surface area (Å²) in [6, 6.07) is 0. The molecule has 0 bridgehead atoms. The van der Waals surface area contributed by atoms with E-state index in [0.717, 1.165) is 0 Å². The topological polar surface area (TPSA) is 64.6 Å². The van der Waals surface area contributed by atoms with Gasteiger partial charge in [0.15, 0.2) is 0 Å². The zero-order chi connectivity index (χ0) is 2.71. The summed E-state index contributed by atoms with van der Waals surface area (Å²) >= 11 is 0. The van der Waals surface area contributed by atoms with Crippen LogP contribution in [0.2, 0.25) is 0 Å². The van der Waals surface area contributed by atoms with Crippen LogP contribution in [0.25, 0.3) is 0 Å². The van der Waals surface area contributed by atoms with Crippen molar-refractivity contribution >= 4 is 6.15 Å². The maximum atomic E-state index is 8.12. The Hall–Kier alpha value is 0.600. The minimum atomic E-state index is 0. The molecule has 0 amide bonds. The van der Waals surface area contributed by atoms with Gasteiger partial charge in [0.05, 0.1) is 0 Å². The number of hydrogen-bond acceptors (Lipinski definition) is 2. The van der Waals surface area contributed by atoms with Gasteiger partial charge in [0.25, 0.3) is 0 Å². The van der Waals surface area contributed by atoms with Crippen LogP contribution in [-0.4, -0.2) is 6.15 Å². The van der Waals surface area contributed by atoms with Gasteiger partial charge in [-0.3, -0.25) is 0 Å². The van der Waals surface area contributed by atoms with E-state index in [1.54, 1.807) is 0 Å². The SMILES string of the molecule is O=C=O.[Ar].[N]. The average Bonchev–Trinajstić information content (AvgIpc) is 0.918. The molecule has 0 rings (SSSR count). The molecule has 0 saturated heterocycles. The van der Waals surface area contributed by atoms with Crippen molar-refractivity contribution in [1.29, 1.82) is 0 Å². The van der Waals surface area contributed by atoms with Gasteiger partial charge in [-0.05, 0) is 0 Å². The number of hydrogen-bond donors (Lipinski definition) is 0. The van der Waals surface area contributed by atoms with Crippen LogP contribution in [0.15, 0.2) is 0 Å². The summed E-state index contributed by atoms with van der Waals surface area (Å²) in [4.78, 5) is 16.2. The van der Waals surface area contributed by atoms with Crippen molar-refractivity contribution in [3.63, 3.8) is 0 Å². The maximum Gasteiger partial charge on any atom is 0.373 e. The summed E-state index contributed by atoms with van der Waals surface area (Å²) in [5.74, 6) is 0. The third kappa shape index (κ3) is 86.4. The van der Waals surface area contributed by atoms with Crippen LogP contribution < -0.4 is 6.15 Å². The molecule has 0 aromatic carbocycles. The fourth-order valence-corrected chi connectivity index (χ4v) is 0. The zero-order valence-corrected chi connectivity index (χ0v) is 2.82. The maximum absolute atomic E-state index is 8.12. The molecular weight excluding hydrogens is 98.0 g/mol. The van der Waals surface area contributed by atoms with Crippen LogP contribution in [0, 0.1) is 37.7 Å². The summed E-state index contributed by atoms with van der Waals surface area (Å²) < 4.78 is 0. The molecule has 0 saturated carbocycles. The van der Waals surface area contributed by atoms with E-state index < -0.39 is 0 Å². The van der Waals surface area contributed by atoms with Crippen LogP contribution in [0.5, 0.6) is 0 Å². The van der Waals surface area contributed by atoms with Crippen molar-refractivity contribution in [2.45, 2.75) is 0 Å². The monoisotopic (exact) mass is 98.0 g/mol.